The molecule has 1 N–H and O–H groups in total. The molecule has 28 heavy (non-hydrogen) atoms. The van der Waals surface area contributed by atoms with Gasteiger partial charge in [-0.1, -0.05) is 0 Å². The van der Waals surface area contributed by atoms with E-state index in [9.17, 15) is 4.79 Å². The number of aliphatic imine (C=N–C) groups is 1. The molecule has 2 heterocycles. The second-order valence-electron chi connectivity index (χ2n) is 7.60. The SMILES string of the molecule is CCNC(=NCCCCN1CCN(C)CC1)N1CCC(C(=O)OCC)CC1.I. The van der Waals surface area contributed by atoms with Crippen LogP contribution in [0.25, 0.3) is 0 Å². The highest BCUT2D eigenvalue weighted by Gasteiger charge is 2.27. The minimum absolute atomic E-state index is 0. The molecule has 0 aromatic heterocycles. The van der Waals surface area contributed by atoms with Crippen molar-refractivity contribution in [3.8, 4) is 0 Å². The topological polar surface area (TPSA) is 60.4 Å². The minimum atomic E-state index is -0.0389. The summed E-state index contributed by atoms with van der Waals surface area (Å²) in [7, 11) is 2.20. The smallest absolute Gasteiger partial charge is 0.309 e. The predicted molar refractivity (Wildman–Crippen MR) is 125 cm³/mol. The van der Waals surface area contributed by atoms with Crippen molar-refractivity contribution < 1.29 is 9.53 Å². The van der Waals surface area contributed by atoms with Crippen molar-refractivity contribution in [3.05, 3.63) is 0 Å². The fraction of sp³-hybridized carbons (Fsp3) is 0.900. The number of nitrogens with zero attached hydrogens (tertiary/aromatic N) is 4. The number of hydrogen-bond acceptors (Lipinski definition) is 5. The Bertz CT molecular complexity index is 462. The van der Waals surface area contributed by atoms with Crippen LogP contribution < -0.4 is 5.32 Å². The highest BCUT2D eigenvalue weighted by molar-refractivity contribution is 14.0. The van der Waals surface area contributed by atoms with E-state index in [4.69, 9.17) is 9.73 Å². The van der Waals surface area contributed by atoms with Crippen molar-refractivity contribution in [3.63, 3.8) is 0 Å². The molecule has 7 nitrogen and oxygen atoms in total. The van der Waals surface area contributed by atoms with Gasteiger partial charge in [0.05, 0.1) is 12.5 Å². The maximum Gasteiger partial charge on any atom is 0.309 e. The first-order valence-corrected chi connectivity index (χ1v) is 10.7. The maximum absolute atomic E-state index is 11.9. The third-order valence-corrected chi connectivity index (χ3v) is 5.49. The molecule has 2 aliphatic rings. The third kappa shape index (κ3) is 8.82. The fourth-order valence-electron chi connectivity index (χ4n) is 3.72. The van der Waals surface area contributed by atoms with Crippen LogP contribution in [-0.4, -0.2) is 99.2 Å². The van der Waals surface area contributed by atoms with Gasteiger partial charge in [0.15, 0.2) is 5.96 Å². The summed E-state index contributed by atoms with van der Waals surface area (Å²) in [4.78, 5) is 24.0. The third-order valence-electron chi connectivity index (χ3n) is 5.49. The van der Waals surface area contributed by atoms with Gasteiger partial charge in [-0.3, -0.25) is 9.79 Å². The first kappa shape index (κ1) is 25.4. The Morgan fingerprint density at radius 3 is 2.36 bits per heavy atom. The van der Waals surface area contributed by atoms with Gasteiger partial charge in [0.1, 0.15) is 0 Å². The number of likely N-dealkylation sites (N-methyl/N-ethyl adjacent to an activating group) is 1. The molecule has 2 fully saturated rings. The van der Waals surface area contributed by atoms with Crippen molar-refractivity contribution in [2.75, 3.05) is 72.6 Å². The van der Waals surface area contributed by atoms with E-state index >= 15 is 0 Å². The zero-order chi connectivity index (χ0) is 19.5. The molecule has 0 spiro atoms. The average Bonchev–Trinajstić information content (AvgIpc) is 2.68. The molecule has 0 atom stereocenters. The summed E-state index contributed by atoms with van der Waals surface area (Å²) in [5.41, 5.74) is 0. The molecule has 0 amide bonds. The number of halogens is 1. The van der Waals surface area contributed by atoms with Gasteiger partial charge in [-0.15, -0.1) is 24.0 Å². The number of rotatable bonds is 8. The van der Waals surface area contributed by atoms with E-state index in [0.29, 0.717) is 6.61 Å². The van der Waals surface area contributed by atoms with Crippen molar-refractivity contribution in [1.82, 2.24) is 20.0 Å². The molecule has 2 aliphatic heterocycles. The molecule has 8 heteroatoms. The Kier molecular flexibility index (Phi) is 13.1. The van der Waals surface area contributed by atoms with Gasteiger partial charge in [0, 0.05) is 52.4 Å². The first-order valence-electron chi connectivity index (χ1n) is 10.7. The van der Waals surface area contributed by atoms with E-state index in [1.54, 1.807) is 0 Å². The predicted octanol–water partition coefficient (Wildman–Crippen LogP) is 1.87. The number of esters is 1. The summed E-state index contributed by atoms with van der Waals surface area (Å²) >= 11 is 0. The number of nitrogens with one attached hydrogen (secondary N) is 1. The van der Waals surface area contributed by atoms with Crippen LogP contribution in [0.2, 0.25) is 0 Å². The quantitative estimate of drug-likeness (QED) is 0.177. The second kappa shape index (κ2) is 14.4. The molecule has 0 aromatic rings. The van der Waals surface area contributed by atoms with E-state index in [-0.39, 0.29) is 35.9 Å². The molecule has 0 unspecified atom stereocenters. The number of piperazine rings is 1. The Morgan fingerprint density at radius 1 is 1.07 bits per heavy atom. The molecule has 0 bridgehead atoms. The van der Waals surface area contributed by atoms with Crippen LogP contribution in [0.15, 0.2) is 4.99 Å². The lowest BCUT2D eigenvalue weighted by Crippen LogP contribution is -2.46. The van der Waals surface area contributed by atoms with Gasteiger partial charge in [0.2, 0.25) is 0 Å². The summed E-state index contributed by atoms with van der Waals surface area (Å²) in [6.07, 6.45) is 4.04. The Morgan fingerprint density at radius 2 is 1.75 bits per heavy atom. The van der Waals surface area contributed by atoms with Crippen molar-refractivity contribution in [2.24, 2.45) is 10.9 Å². The average molecular weight is 509 g/mol. The first-order chi connectivity index (χ1) is 13.1. The number of hydrogen-bond donors (Lipinski definition) is 1. The van der Waals surface area contributed by atoms with Crippen LogP contribution >= 0.6 is 24.0 Å². The monoisotopic (exact) mass is 509 g/mol. The molecule has 164 valence electrons. The van der Waals surface area contributed by atoms with Gasteiger partial charge in [-0.25, -0.2) is 0 Å². The van der Waals surface area contributed by atoms with E-state index in [1.165, 1.54) is 39.1 Å². The van der Waals surface area contributed by atoms with Gasteiger partial charge in [-0.2, -0.15) is 0 Å². The zero-order valence-electron chi connectivity index (χ0n) is 18.0. The van der Waals surface area contributed by atoms with Crippen molar-refractivity contribution in [1.29, 1.82) is 0 Å². The second-order valence-corrected chi connectivity index (χ2v) is 7.60. The number of unbranched alkanes of at least 4 members (excludes halogenated alkanes) is 1. The number of piperidine rings is 1. The van der Waals surface area contributed by atoms with E-state index in [2.05, 4.69) is 34.0 Å². The van der Waals surface area contributed by atoms with Crippen LogP contribution in [0.3, 0.4) is 0 Å². The van der Waals surface area contributed by atoms with E-state index in [0.717, 1.165) is 51.4 Å². The zero-order valence-corrected chi connectivity index (χ0v) is 20.3. The molecule has 0 aliphatic carbocycles. The van der Waals surface area contributed by atoms with Crippen LogP contribution in [0, 0.1) is 5.92 Å². The largest absolute Gasteiger partial charge is 0.466 e. The molecular formula is C20H40IN5O2. The van der Waals surface area contributed by atoms with Crippen LogP contribution in [-0.2, 0) is 9.53 Å². The minimum Gasteiger partial charge on any atom is -0.466 e. The van der Waals surface area contributed by atoms with Crippen LogP contribution in [0.1, 0.15) is 39.5 Å². The highest BCUT2D eigenvalue weighted by Crippen LogP contribution is 2.18. The summed E-state index contributed by atoms with van der Waals surface area (Å²) in [5, 5.41) is 3.41. The number of carbonyl (C=O) groups excluding carboxylic acids is 1. The summed E-state index contributed by atoms with van der Waals surface area (Å²) in [6.45, 7) is 13.9. The lowest BCUT2D eigenvalue weighted by molar-refractivity contribution is -0.149. The number of ether oxygens (including phenoxy) is 1. The molecule has 0 radical (unpaired) electrons. The summed E-state index contributed by atoms with van der Waals surface area (Å²) in [6, 6.07) is 0. The molecule has 2 saturated heterocycles. The van der Waals surface area contributed by atoms with Gasteiger partial charge < -0.3 is 24.8 Å². The summed E-state index contributed by atoms with van der Waals surface area (Å²) in [5.74, 6) is 1.01. The molecular weight excluding hydrogens is 469 g/mol. The Labute approximate surface area is 188 Å². The van der Waals surface area contributed by atoms with Crippen LogP contribution in [0.5, 0.6) is 0 Å². The fourth-order valence-corrected chi connectivity index (χ4v) is 3.72. The highest BCUT2D eigenvalue weighted by atomic mass is 127. The number of likely N-dealkylation sites (tertiary alicyclic amines) is 1. The van der Waals surface area contributed by atoms with Crippen LogP contribution in [0.4, 0.5) is 0 Å². The van der Waals surface area contributed by atoms with Crippen molar-refractivity contribution in [2.45, 2.75) is 39.5 Å². The normalized spacial score (nSPS) is 20.0. The lowest BCUT2D eigenvalue weighted by atomic mass is 9.97. The summed E-state index contributed by atoms with van der Waals surface area (Å²) < 4.78 is 5.16. The number of carbonyl (C=O) groups is 1. The van der Waals surface area contributed by atoms with E-state index < -0.39 is 0 Å². The van der Waals surface area contributed by atoms with Gasteiger partial charge in [-0.05, 0) is 53.1 Å². The van der Waals surface area contributed by atoms with E-state index in [1.807, 2.05) is 6.92 Å². The lowest BCUT2D eigenvalue weighted by Gasteiger charge is -2.33. The molecule has 0 saturated carbocycles. The standard InChI is InChI=1S/C20H39N5O2.HI/c1-4-21-20(25-12-8-18(9-13-25)19(26)27-5-2)22-10-6-7-11-24-16-14-23(3)15-17-24;/h18H,4-17H2,1-3H3,(H,21,22);1H. The molecule has 0 aromatic carbocycles. The van der Waals surface area contributed by atoms with Gasteiger partial charge >= 0.3 is 5.97 Å². The maximum atomic E-state index is 11.9. The van der Waals surface area contributed by atoms with Crippen molar-refractivity contribution >= 4 is 35.9 Å². The Hall–Kier alpha value is -0.610. The number of guanidine groups is 1. The van der Waals surface area contributed by atoms with Gasteiger partial charge in [0.25, 0.3) is 0 Å². The molecule has 2 rings (SSSR count). The Balaban J connectivity index is 0.00000392.